The van der Waals surface area contributed by atoms with Crippen molar-refractivity contribution in [2.75, 3.05) is 37.7 Å². The molecule has 0 aliphatic carbocycles. The number of halogens is 1. The molecule has 2 heterocycles. The predicted octanol–water partition coefficient (Wildman–Crippen LogP) is 3.13. The van der Waals surface area contributed by atoms with Crippen LogP contribution >= 0.6 is 11.5 Å². The Labute approximate surface area is 179 Å². The van der Waals surface area contributed by atoms with E-state index in [0.717, 1.165) is 35.2 Å². The predicted molar refractivity (Wildman–Crippen MR) is 114 cm³/mol. The van der Waals surface area contributed by atoms with Crippen LogP contribution in [0, 0.1) is 5.82 Å². The molecule has 8 heteroatoms. The minimum Gasteiger partial charge on any atom is -0.367 e. The quantitative estimate of drug-likeness (QED) is 0.581. The van der Waals surface area contributed by atoms with Gasteiger partial charge in [0.25, 0.3) is 0 Å². The van der Waals surface area contributed by atoms with Gasteiger partial charge in [-0.2, -0.15) is 4.37 Å². The molecule has 0 N–H and O–H groups in total. The van der Waals surface area contributed by atoms with E-state index in [9.17, 15) is 9.18 Å². The average Bonchev–Trinajstić information content (AvgIpc) is 3.25. The highest BCUT2D eigenvalue weighted by Gasteiger charge is 2.23. The normalized spacial score (nSPS) is 14.2. The summed E-state index contributed by atoms with van der Waals surface area (Å²) in [7, 11) is 0. The lowest BCUT2D eigenvalue weighted by Gasteiger charge is -2.34. The Morgan fingerprint density at radius 1 is 1.00 bits per heavy atom. The van der Waals surface area contributed by atoms with Crippen LogP contribution in [0.4, 0.5) is 9.52 Å². The molecule has 30 heavy (non-hydrogen) atoms. The molecule has 0 radical (unpaired) electrons. The Kier molecular flexibility index (Phi) is 6.66. The van der Waals surface area contributed by atoms with Gasteiger partial charge in [0, 0.05) is 44.1 Å². The topological polar surface area (TPSA) is 58.6 Å². The molecule has 3 aromatic rings. The van der Waals surface area contributed by atoms with Crippen molar-refractivity contribution in [3.8, 4) is 0 Å². The second kappa shape index (κ2) is 9.77. The van der Waals surface area contributed by atoms with Gasteiger partial charge in [0.2, 0.25) is 11.0 Å². The van der Waals surface area contributed by atoms with E-state index in [1.165, 1.54) is 23.7 Å². The van der Waals surface area contributed by atoms with Crippen molar-refractivity contribution >= 4 is 22.6 Å². The highest BCUT2D eigenvalue weighted by molar-refractivity contribution is 7.09. The number of hydrogen-bond donors (Lipinski definition) is 0. The van der Waals surface area contributed by atoms with Crippen molar-refractivity contribution in [3.63, 3.8) is 0 Å². The molecule has 1 aliphatic rings. The Bertz CT molecular complexity index is 957. The molecule has 0 bridgehead atoms. The Balaban J connectivity index is 1.23. The van der Waals surface area contributed by atoms with Crippen molar-refractivity contribution in [1.82, 2.24) is 14.3 Å². The molecule has 1 saturated heterocycles. The van der Waals surface area contributed by atoms with Crippen molar-refractivity contribution in [2.45, 2.75) is 13.0 Å². The Morgan fingerprint density at radius 2 is 1.73 bits per heavy atom. The summed E-state index contributed by atoms with van der Waals surface area (Å²) in [6.07, 6.45) is 0.577. The van der Waals surface area contributed by atoms with Gasteiger partial charge < -0.3 is 14.5 Å². The number of rotatable bonds is 7. The molecule has 0 unspecified atom stereocenters. The van der Waals surface area contributed by atoms with Crippen LogP contribution in [0.15, 0.2) is 54.6 Å². The van der Waals surface area contributed by atoms with Crippen LogP contribution in [-0.2, 0) is 22.6 Å². The van der Waals surface area contributed by atoms with Crippen LogP contribution < -0.4 is 4.90 Å². The minimum atomic E-state index is -0.247. The summed E-state index contributed by atoms with van der Waals surface area (Å²) < 4.78 is 23.0. The van der Waals surface area contributed by atoms with Crippen LogP contribution in [0.2, 0.25) is 0 Å². The monoisotopic (exact) mass is 426 g/mol. The standard InChI is InChI=1S/C22H23FN4O2S/c23-19-8-6-17(7-9-19)14-20-24-22(30-25-20)27-12-10-26(11-13-27)21(28)16-29-15-18-4-2-1-3-5-18/h1-9H,10-16H2. The van der Waals surface area contributed by atoms with Crippen LogP contribution in [0.25, 0.3) is 0 Å². The first-order valence-electron chi connectivity index (χ1n) is 9.89. The van der Waals surface area contributed by atoms with Crippen molar-refractivity contribution in [3.05, 3.63) is 77.4 Å². The average molecular weight is 427 g/mol. The van der Waals surface area contributed by atoms with Gasteiger partial charge in [0.1, 0.15) is 18.2 Å². The zero-order valence-corrected chi connectivity index (χ0v) is 17.4. The lowest BCUT2D eigenvalue weighted by molar-refractivity contribution is -0.136. The summed E-state index contributed by atoms with van der Waals surface area (Å²) in [5, 5.41) is 0.861. The van der Waals surface area contributed by atoms with Crippen molar-refractivity contribution in [2.24, 2.45) is 0 Å². The number of carbonyl (C=O) groups is 1. The third kappa shape index (κ3) is 5.40. The summed E-state index contributed by atoms with van der Waals surface area (Å²) in [5.41, 5.74) is 2.04. The van der Waals surface area contributed by atoms with E-state index < -0.39 is 0 Å². The second-order valence-corrected chi connectivity index (χ2v) is 7.87. The van der Waals surface area contributed by atoms with E-state index in [1.54, 1.807) is 12.1 Å². The molecule has 156 valence electrons. The third-order valence-electron chi connectivity index (χ3n) is 4.97. The van der Waals surface area contributed by atoms with Gasteiger partial charge in [-0.05, 0) is 23.3 Å². The van der Waals surface area contributed by atoms with E-state index in [2.05, 4.69) is 14.3 Å². The fourth-order valence-corrected chi connectivity index (χ4v) is 4.04. The van der Waals surface area contributed by atoms with E-state index in [1.807, 2.05) is 35.2 Å². The molecule has 4 rings (SSSR count). The first-order chi connectivity index (χ1) is 14.7. The number of benzene rings is 2. The lowest BCUT2D eigenvalue weighted by atomic mass is 10.1. The number of ether oxygens (including phenoxy) is 1. The van der Waals surface area contributed by atoms with Gasteiger partial charge in [-0.25, -0.2) is 9.37 Å². The molecule has 0 atom stereocenters. The zero-order chi connectivity index (χ0) is 20.8. The number of piperazine rings is 1. The van der Waals surface area contributed by atoms with Gasteiger partial charge >= 0.3 is 0 Å². The fraction of sp³-hybridized carbons (Fsp3) is 0.318. The van der Waals surface area contributed by atoms with Gasteiger partial charge in [-0.1, -0.05) is 42.5 Å². The first kappa shape index (κ1) is 20.4. The highest BCUT2D eigenvalue weighted by atomic mass is 32.1. The smallest absolute Gasteiger partial charge is 0.248 e. The third-order valence-corrected chi connectivity index (χ3v) is 5.79. The summed E-state index contributed by atoms with van der Waals surface area (Å²) in [4.78, 5) is 21.0. The summed E-state index contributed by atoms with van der Waals surface area (Å²) in [6, 6.07) is 16.2. The number of amides is 1. The van der Waals surface area contributed by atoms with Crippen LogP contribution in [0.5, 0.6) is 0 Å². The summed E-state index contributed by atoms with van der Waals surface area (Å²) in [5.74, 6) is 0.498. The van der Waals surface area contributed by atoms with Crippen LogP contribution in [-0.4, -0.2) is 53.0 Å². The molecule has 1 amide bonds. The molecule has 1 fully saturated rings. The molecule has 1 aliphatic heterocycles. The molecule has 0 saturated carbocycles. The van der Waals surface area contributed by atoms with E-state index in [0.29, 0.717) is 26.1 Å². The number of anilines is 1. The molecular formula is C22H23FN4O2S. The Hall–Kier alpha value is -2.84. The van der Waals surface area contributed by atoms with E-state index in [-0.39, 0.29) is 18.3 Å². The minimum absolute atomic E-state index is 0.0137. The Morgan fingerprint density at radius 3 is 2.47 bits per heavy atom. The maximum absolute atomic E-state index is 13.0. The maximum atomic E-state index is 13.0. The van der Waals surface area contributed by atoms with Gasteiger partial charge in [0.05, 0.1) is 6.61 Å². The molecule has 0 spiro atoms. The SMILES string of the molecule is O=C(COCc1ccccc1)N1CCN(c2nc(Cc3ccc(F)cc3)ns2)CC1. The molecule has 1 aromatic heterocycles. The first-order valence-corrected chi connectivity index (χ1v) is 10.7. The van der Waals surface area contributed by atoms with Crippen molar-refractivity contribution in [1.29, 1.82) is 0 Å². The summed E-state index contributed by atoms with van der Waals surface area (Å²) in [6.45, 7) is 3.25. The number of aromatic nitrogens is 2. The largest absolute Gasteiger partial charge is 0.367 e. The van der Waals surface area contributed by atoms with Gasteiger partial charge in [-0.3, -0.25) is 4.79 Å². The molecule has 6 nitrogen and oxygen atoms in total. The van der Waals surface area contributed by atoms with Gasteiger partial charge in [-0.15, -0.1) is 0 Å². The van der Waals surface area contributed by atoms with E-state index in [4.69, 9.17) is 4.74 Å². The van der Waals surface area contributed by atoms with E-state index >= 15 is 0 Å². The number of nitrogens with zero attached hydrogens (tertiary/aromatic N) is 4. The molecular weight excluding hydrogens is 403 g/mol. The summed E-state index contributed by atoms with van der Waals surface area (Å²) >= 11 is 1.36. The number of carbonyl (C=O) groups excluding carboxylic acids is 1. The molecule has 2 aromatic carbocycles. The van der Waals surface area contributed by atoms with Gasteiger partial charge in [0.15, 0.2) is 0 Å². The van der Waals surface area contributed by atoms with Crippen molar-refractivity contribution < 1.29 is 13.9 Å². The lowest BCUT2D eigenvalue weighted by Crippen LogP contribution is -2.49. The van der Waals surface area contributed by atoms with Crippen LogP contribution in [0.3, 0.4) is 0 Å². The van der Waals surface area contributed by atoms with Crippen LogP contribution in [0.1, 0.15) is 17.0 Å². The number of hydrogen-bond acceptors (Lipinski definition) is 6. The zero-order valence-electron chi connectivity index (χ0n) is 16.5. The fourth-order valence-electron chi connectivity index (χ4n) is 3.30. The maximum Gasteiger partial charge on any atom is 0.248 e. The highest BCUT2D eigenvalue weighted by Crippen LogP contribution is 2.20. The second-order valence-electron chi connectivity index (χ2n) is 7.14.